The average molecular weight is 383 g/mol. The van der Waals surface area contributed by atoms with Gasteiger partial charge in [0.15, 0.2) is 0 Å². The van der Waals surface area contributed by atoms with E-state index < -0.39 is 0 Å². The van der Waals surface area contributed by atoms with E-state index in [1.54, 1.807) is 0 Å². The van der Waals surface area contributed by atoms with Crippen LogP contribution in [-0.4, -0.2) is 55.5 Å². The zero-order valence-electron chi connectivity index (χ0n) is 17.4. The number of nitriles is 2. The minimum Gasteiger partial charge on any atom is -0.295 e. The van der Waals surface area contributed by atoms with Crippen molar-refractivity contribution in [2.24, 2.45) is 14.1 Å². The van der Waals surface area contributed by atoms with Crippen molar-refractivity contribution in [1.29, 1.82) is 10.5 Å². The molecule has 0 aromatic carbocycles. The van der Waals surface area contributed by atoms with Gasteiger partial charge in [0.05, 0.1) is 23.5 Å². The first kappa shape index (κ1) is 21.6. The molecule has 2 aromatic rings. The smallest absolute Gasteiger partial charge is 0.0767 e. The second kappa shape index (κ2) is 10.6. The number of hydrogen-bond donors (Lipinski definition) is 0. The highest BCUT2D eigenvalue weighted by atomic mass is 15.3. The van der Waals surface area contributed by atoms with Gasteiger partial charge in [0, 0.05) is 77.6 Å². The van der Waals surface area contributed by atoms with Crippen LogP contribution in [0.2, 0.25) is 0 Å². The first-order chi connectivity index (χ1) is 13.4. The third kappa shape index (κ3) is 6.49. The van der Waals surface area contributed by atoms with Crippen molar-refractivity contribution in [3.8, 4) is 12.1 Å². The Labute approximate surface area is 167 Å². The molecule has 0 unspecified atom stereocenters. The lowest BCUT2D eigenvalue weighted by atomic mass is 10.3. The predicted molar refractivity (Wildman–Crippen MR) is 107 cm³/mol. The van der Waals surface area contributed by atoms with Gasteiger partial charge in [-0.05, 0) is 26.0 Å². The highest BCUT2D eigenvalue weighted by Gasteiger charge is 2.14. The van der Waals surface area contributed by atoms with E-state index >= 15 is 0 Å². The standard InChI is InChI=1S/C20H30N8/c1-17-13-19(23-25(17)3)15-27(9-5-7-21)11-12-28(10-6-8-22)16-20-14-18(2)26(4)24-20/h13-14H,5-6,9-12,15-16H2,1-4H3. The predicted octanol–water partition coefficient (Wildman–Crippen LogP) is 1.90. The molecule has 2 heterocycles. The minimum absolute atomic E-state index is 0.490. The summed E-state index contributed by atoms with van der Waals surface area (Å²) in [5, 5.41) is 27.1. The van der Waals surface area contributed by atoms with E-state index in [0.717, 1.165) is 49.0 Å². The molecule has 8 nitrogen and oxygen atoms in total. The lowest BCUT2D eigenvalue weighted by Gasteiger charge is -2.26. The monoisotopic (exact) mass is 382 g/mol. The molecule has 2 rings (SSSR count). The van der Waals surface area contributed by atoms with Crippen molar-refractivity contribution in [1.82, 2.24) is 29.4 Å². The molecular weight excluding hydrogens is 352 g/mol. The molecule has 150 valence electrons. The lowest BCUT2D eigenvalue weighted by molar-refractivity contribution is 0.194. The summed E-state index contributed by atoms with van der Waals surface area (Å²) in [7, 11) is 3.88. The fourth-order valence-electron chi connectivity index (χ4n) is 3.12. The molecule has 8 heteroatoms. The summed E-state index contributed by atoms with van der Waals surface area (Å²) >= 11 is 0. The topological polar surface area (TPSA) is 89.7 Å². The zero-order valence-corrected chi connectivity index (χ0v) is 17.4. The van der Waals surface area contributed by atoms with Gasteiger partial charge in [0.1, 0.15) is 0 Å². The number of rotatable bonds is 11. The fraction of sp³-hybridized carbons (Fsp3) is 0.600. The van der Waals surface area contributed by atoms with Crippen molar-refractivity contribution >= 4 is 0 Å². The first-order valence-electron chi connectivity index (χ1n) is 9.60. The van der Waals surface area contributed by atoms with Crippen LogP contribution in [0.3, 0.4) is 0 Å². The van der Waals surface area contributed by atoms with E-state index in [9.17, 15) is 0 Å². The summed E-state index contributed by atoms with van der Waals surface area (Å²) in [6.07, 6.45) is 0.979. The Balaban J connectivity index is 2.00. The number of aryl methyl sites for hydroxylation is 4. The van der Waals surface area contributed by atoms with Gasteiger partial charge < -0.3 is 0 Å². The summed E-state index contributed by atoms with van der Waals surface area (Å²) < 4.78 is 3.75. The summed E-state index contributed by atoms with van der Waals surface area (Å²) in [6.45, 7) is 8.56. The summed E-state index contributed by atoms with van der Waals surface area (Å²) in [5.41, 5.74) is 4.27. The minimum atomic E-state index is 0.490. The van der Waals surface area contributed by atoms with Gasteiger partial charge in [-0.2, -0.15) is 20.7 Å². The molecule has 0 bridgehead atoms. The van der Waals surface area contributed by atoms with E-state index in [1.807, 2.05) is 37.3 Å². The van der Waals surface area contributed by atoms with Crippen LogP contribution in [0.4, 0.5) is 0 Å². The lowest BCUT2D eigenvalue weighted by Crippen LogP contribution is -2.36. The van der Waals surface area contributed by atoms with Crippen molar-refractivity contribution in [2.45, 2.75) is 39.8 Å². The van der Waals surface area contributed by atoms with Crippen LogP contribution in [0.5, 0.6) is 0 Å². The van der Waals surface area contributed by atoms with Crippen LogP contribution in [0, 0.1) is 36.5 Å². The summed E-state index contributed by atoms with van der Waals surface area (Å²) in [5.74, 6) is 0. The number of nitrogens with zero attached hydrogens (tertiary/aromatic N) is 8. The zero-order chi connectivity index (χ0) is 20.5. The molecule has 0 saturated carbocycles. The van der Waals surface area contributed by atoms with E-state index in [1.165, 1.54) is 0 Å². The number of hydrogen-bond acceptors (Lipinski definition) is 6. The van der Waals surface area contributed by atoms with Crippen LogP contribution in [-0.2, 0) is 27.2 Å². The summed E-state index contributed by atoms with van der Waals surface area (Å²) in [6, 6.07) is 8.64. The maximum Gasteiger partial charge on any atom is 0.0767 e. The summed E-state index contributed by atoms with van der Waals surface area (Å²) in [4.78, 5) is 4.52. The number of aromatic nitrogens is 4. The van der Waals surface area contributed by atoms with E-state index in [-0.39, 0.29) is 0 Å². The Hall–Kier alpha value is -2.68. The fourth-order valence-corrected chi connectivity index (χ4v) is 3.12. The van der Waals surface area contributed by atoms with E-state index in [4.69, 9.17) is 10.5 Å². The Morgan fingerprint density at radius 2 is 1.18 bits per heavy atom. The molecule has 2 aromatic heterocycles. The molecule has 0 aliphatic carbocycles. The van der Waals surface area contributed by atoms with Gasteiger partial charge >= 0.3 is 0 Å². The van der Waals surface area contributed by atoms with Crippen LogP contribution >= 0.6 is 0 Å². The van der Waals surface area contributed by atoms with E-state index in [2.05, 4.69) is 44.3 Å². The highest BCUT2D eigenvalue weighted by Crippen LogP contribution is 2.09. The molecular formula is C20H30N8. The molecule has 0 atom stereocenters. The largest absolute Gasteiger partial charge is 0.295 e. The Bertz CT molecular complexity index is 726. The molecule has 0 spiro atoms. The van der Waals surface area contributed by atoms with Gasteiger partial charge in [-0.15, -0.1) is 0 Å². The van der Waals surface area contributed by atoms with Crippen LogP contribution in [0.25, 0.3) is 0 Å². The second-order valence-corrected chi connectivity index (χ2v) is 7.17. The van der Waals surface area contributed by atoms with Gasteiger partial charge in [0.2, 0.25) is 0 Å². The molecule has 28 heavy (non-hydrogen) atoms. The average Bonchev–Trinajstić information content (AvgIpc) is 3.14. The van der Waals surface area contributed by atoms with Crippen molar-refractivity contribution in [3.63, 3.8) is 0 Å². The van der Waals surface area contributed by atoms with Gasteiger partial charge in [-0.3, -0.25) is 19.2 Å². The third-order valence-corrected chi connectivity index (χ3v) is 4.91. The van der Waals surface area contributed by atoms with Crippen molar-refractivity contribution < 1.29 is 0 Å². The Kier molecular flexibility index (Phi) is 8.19. The second-order valence-electron chi connectivity index (χ2n) is 7.17. The molecule has 0 aliphatic rings. The Morgan fingerprint density at radius 3 is 1.46 bits per heavy atom. The normalized spacial score (nSPS) is 11.1. The maximum atomic E-state index is 8.99. The van der Waals surface area contributed by atoms with Crippen LogP contribution in [0.15, 0.2) is 12.1 Å². The van der Waals surface area contributed by atoms with Crippen molar-refractivity contribution in [2.75, 3.05) is 26.2 Å². The van der Waals surface area contributed by atoms with E-state index in [0.29, 0.717) is 25.9 Å². The molecule has 0 saturated heterocycles. The SMILES string of the molecule is Cc1cc(CN(CCC#N)CCN(CCC#N)Cc2cc(C)n(C)n2)nn1C. The van der Waals surface area contributed by atoms with Gasteiger partial charge in [0.25, 0.3) is 0 Å². The Morgan fingerprint density at radius 1 is 0.786 bits per heavy atom. The molecule has 0 N–H and O–H groups in total. The molecule has 0 fully saturated rings. The first-order valence-corrected chi connectivity index (χ1v) is 9.60. The van der Waals surface area contributed by atoms with Gasteiger partial charge in [-0.25, -0.2) is 0 Å². The molecule has 0 aliphatic heterocycles. The van der Waals surface area contributed by atoms with Gasteiger partial charge in [-0.1, -0.05) is 0 Å². The maximum absolute atomic E-state index is 8.99. The highest BCUT2D eigenvalue weighted by molar-refractivity contribution is 5.09. The molecule has 0 radical (unpaired) electrons. The molecule has 0 amide bonds. The van der Waals surface area contributed by atoms with Crippen LogP contribution < -0.4 is 0 Å². The van der Waals surface area contributed by atoms with Crippen LogP contribution in [0.1, 0.15) is 35.6 Å². The quantitative estimate of drug-likeness (QED) is 0.590. The van der Waals surface area contributed by atoms with Crippen molar-refractivity contribution in [3.05, 3.63) is 34.9 Å². The third-order valence-electron chi connectivity index (χ3n) is 4.91.